The van der Waals surface area contributed by atoms with Crippen LogP contribution in [0.25, 0.3) is 11.1 Å². The van der Waals surface area contributed by atoms with Gasteiger partial charge in [0.25, 0.3) is 0 Å². The van der Waals surface area contributed by atoms with Crippen LogP contribution in [0.1, 0.15) is 25.3 Å². The molecule has 0 aromatic heterocycles. The molecule has 8 heteroatoms. The number of nitrogens with one attached hydrogen (secondary N) is 2. The van der Waals surface area contributed by atoms with E-state index >= 15 is 4.39 Å². The SMILES string of the molecule is CCNC(=O)N1CC2(CC2)C(NS(C)(=O)=O)C1Cc1cccc(-c2ccccc2)c1F. The van der Waals surface area contributed by atoms with Gasteiger partial charge in [-0.3, -0.25) is 0 Å². The van der Waals surface area contributed by atoms with Gasteiger partial charge < -0.3 is 10.2 Å². The van der Waals surface area contributed by atoms with E-state index in [0.717, 1.165) is 24.7 Å². The van der Waals surface area contributed by atoms with Gasteiger partial charge >= 0.3 is 6.03 Å². The van der Waals surface area contributed by atoms with Crippen LogP contribution < -0.4 is 10.0 Å². The number of likely N-dealkylation sites (tertiary alicyclic amines) is 1. The van der Waals surface area contributed by atoms with Crippen molar-refractivity contribution in [1.29, 1.82) is 0 Å². The van der Waals surface area contributed by atoms with Crippen LogP contribution >= 0.6 is 0 Å². The molecule has 31 heavy (non-hydrogen) atoms. The van der Waals surface area contributed by atoms with Gasteiger partial charge in [-0.25, -0.2) is 22.3 Å². The summed E-state index contributed by atoms with van der Waals surface area (Å²) in [5.74, 6) is -0.334. The van der Waals surface area contributed by atoms with Gasteiger partial charge in [-0.15, -0.1) is 0 Å². The third-order valence-electron chi connectivity index (χ3n) is 6.34. The molecule has 6 nitrogen and oxygen atoms in total. The van der Waals surface area contributed by atoms with E-state index in [-0.39, 0.29) is 23.7 Å². The Kier molecular flexibility index (Phi) is 5.79. The third kappa shape index (κ3) is 4.45. The van der Waals surface area contributed by atoms with Crippen LogP contribution in [0.15, 0.2) is 48.5 Å². The predicted molar refractivity (Wildman–Crippen MR) is 119 cm³/mol. The zero-order valence-electron chi connectivity index (χ0n) is 17.8. The van der Waals surface area contributed by atoms with Crippen molar-refractivity contribution in [2.75, 3.05) is 19.3 Å². The van der Waals surface area contributed by atoms with E-state index in [9.17, 15) is 13.2 Å². The Morgan fingerprint density at radius 1 is 1.16 bits per heavy atom. The monoisotopic (exact) mass is 445 g/mol. The highest BCUT2D eigenvalue weighted by Crippen LogP contribution is 2.55. The van der Waals surface area contributed by atoms with Crippen LogP contribution in [0.5, 0.6) is 0 Å². The summed E-state index contributed by atoms with van der Waals surface area (Å²) in [5, 5.41) is 2.82. The molecule has 2 aromatic carbocycles. The summed E-state index contributed by atoms with van der Waals surface area (Å²) in [7, 11) is -3.49. The molecule has 1 heterocycles. The summed E-state index contributed by atoms with van der Waals surface area (Å²) in [6.45, 7) is 2.78. The minimum Gasteiger partial charge on any atom is -0.338 e. The number of rotatable bonds is 6. The molecule has 0 bridgehead atoms. The van der Waals surface area contributed by atoms with Crippen molar-refractivity contribution in [1.82, 2.24) is 14.9 Å². The second-order valence-corrected chi connectivity index (χ2v) is 10.4. The van der Waals surface area contributed by atoms with Crippen LogP contribution in [0.4, 0.5) is 9.18 Å². The van der Waals surface area contributed by atoms with Crippen molar-refractivity contribution in [3.8, 4) is 11.1 Å². The number of hydrogen-bond acceptors (Lipinski definition) is 3. The number of halogens is 1. The predicted octanol–water partition coefficient (Wildman–Crippen LogP) is 3.15. The zero-order chi connectivity index (χ0) is 22.2. The maximum absolute atomic E-state index is 15.5. The first-order valence-electron chi connectivity index (χ1n) is 10.6. The number of carbonyl (C=O) groups is 1. The molecule has 1 aliphatic carbocycles. The molecule has 1 spiro atoms. The number of benzene rings is 2. The highest BCUT2D eigenvalue weighted by atomic mass is 32.2. The molecule has 166 valence electrons. The Morgan fingerprint density at radius 2 is 1.87 bits per heavy atom. The van der Waals surface area contributed by atoms with Crippen molar-refractivity contribution < 1.29 is 17.6 Å². The fourth-order valence-electron chi connectivity index (χ4n) is 4.71. The van der Waals surface area contributed by atoms with Gasteiger partial charge in [-0.2, -0.15) is 0 Å². The summed E-state index contributed by atoms with van der Waals surface area (Å²) < 4.78 is 42.5. The topological polar surface area (TPSA) is 78.5 Å². The first-order chi connectivity index (χ1) is 14.7. The van der Waals surface area contributed by atoms with E-state index < -0.39 is 22.1 Å². The standard InChI is InChI=1S/C23H28FN3O3S/c1-3-25-22(28)27-15-23(12-13-23)21(26-31(2,29)30)19(27)14-17-10-7-11-18(20(17)24)16-8-5-4-6-9-16/h4-11,19,21,26H,3,12-15H2,1-2H3,(H,25,28). The number of hydrogen-bond donors (Lipinski definition) is 2. The Bertz CT molecular complexity index is 1070. The smallest absolute Gasteiger partial charge is 0.317 e. The molecule has 4 rings (SSSR count). The van der Waals surface area contributed by atoms with Gasteiger partial charge in [0.05, 0.1) is 12.3 Å². The van der Waals surface area contributed by atoms with Gasteiger partial charge in [-0.1, -0.05) is 48.5 Å². The third-order valence-corrected chi connectivity index (χ3v) is 7.03. The van der Waals surface area contributed by atoms with E-state index in [1.807, 2.05) is 37.3 Å². The number of amides is 2. The second-order valence-electron chi connectivity index (χ2n) is 8.61. The highest BCUT2D eigenvalue weighted by molar-refractivity contribution is 7.88. The summed E-state index contributed by atoms with van der Waals surface area (Å²) in [4.78, 5) is 14.5. The first kappa shape index (κ1) is 21.8. The van der Waals surface area contributed by atoms with Crippen LogP contribution in [0.2, 0.25) is 0 Å². The van der Waals surface area contributed by atoms with Crippen molar-refractivity contribution in [2.45, 2.75) is 38.3 Å². The van der Waals surface area contributed by atoms with Crippen LogP contribution in [-0.4, -0.2) is 50.8 Å². The molecule has 1 aliphatic heterocycles. The summed E-state index contributed by atoms with van der Waals surface area (Å²) in [6.07, 6.45) is 3.06. The fraction of sp³-hybridized carbons (Fsp3) is 0.435. The van der Waals surface area contributed by atoms with Crippen LogP contribution in [0.3, 0.4) is 0 Å². The number of carbonyl (C=O) groups excluding carboxylic acids is 1. The average molecular weight is 446 g/mol. The molecule has 2 fully saturated rings. The highest BCUT2D eigenvalue weighted by Gasteiger charge is 2.61. The molecular weight excluding hydrogens is 417 g/mol. The van der Waals surface area contributed by atoms with Crippen molar-refractivity contribution >= 4 is 16.1 Å². The Hall–Kier alpha value is -2.45. The fourth-order valence-corrected chi connectivity index (χ4v) is 5.58. The molecule has 1 saturated carbocycles. The second kappa shape index (κ2) is 8.24. The lowest BCUT2D eigenvalue weighted by Gasteiger charge is -2.29. The molecule has 2 unspecified atom stereocenters. The molecule has 2 aromatic rings. The van der Waals surface area contributed by atoms with Crippen molar-refractivity contribution in [2.24, 2.45) is 5.41 Å². The zero-order valence-corrected chi connectivity index (χ0v) is 18.6. The van der Waals surface area contributed by atoms with Gasteiger partial charge in [0.15, 0.2) is 0 Å². The van der Waals surface area contributed by atoms with Crippen LogP contribution in [-0.2, 0) is 16.4 Å². The maximum atomic E-state index is 15.5. The lowest BCUT2D eigenvalue weighted by Crippen LogP contribution is -2.51. The van der Waals surface area contributed by atoms with Crippen LogP contribution in [0, 0.1) is 11.2 Å². The van der Waals surface area contributed by atoms with Gasteiger partial charge in [0, 0.05) is 30.1 Å². The summed E-state index contributed by atoms with van der Waals surface area (Å²) >= 11 is 0. The number of urea groups is 1. The average Bonchev–Trinajstić information content (AvgIpc) is 3.45. The number of nitrogens with zero attached hydrogens (tertiary/aromatic N) is 1. The largest absolute Gasteiger partial charge is 0.338 e. The van der Waals surface area contributed by atoms with Gasteiger partial charge in [-0.05, 0) is 37.3 Å². The normalized spacial score (nSPS) is 22.0. The Labute approximate surface area is 182 Å². The molecule has 2 atom stereocenters. The van der Waals surface area contributed by atoms with E-state index in [0.29, 0.717) is 24.2 Å². The van der Waals surface area contributed by atoms with Gasteiger partial charge in [0.1, 0.15) is 5.82 Å². The Morgan fingerprint density at radius 3 is 2.48 bits per heavy atom. The summed E-state index contributed by atoms with van der Waals surface area (Å²) in [5.41, 5.74) is 1.47. The molecule has 0 radical (unpaired) electrons. The maximum Gasteiger partial charge on any atom is 0.317 e. The van der Waals surface area contributed by atoms with Crippen molar-refractivity contribution in [3.05, 3.63) is 59.9 Å². The lowest BCUT2D eigenvalue weighted by atomic mass is 9.91. The van der Waals surface area contributed by atoms with E-state index in [2.05, 4.69) is 10.0 Å². The molecule has 2 N–H and O–H groups in total. The lowest BCUT2D eigenvalue weighted by molar-refractivity contribution is 0.189. The van der Waals surface area contributed by atoms with E-state index in [1.54, 1.807) is 23.1 Å². The Balaban J connectivity index is 1.70. The molecular formula is C23H28FN3O3S. The number of sulfonamides is 1. The van der Waals surface area contributed by atoms with E-state index in [4.69, 9.17) is 0 Å². The first-order valence-corrected chi connectivity index (χ1v) is 12.5. The molecule has 2 amide bonds. The quantitative estimate of drug-likeness (QED) is 0.717. The minimum absolute atomic E-state index is 0.235. The van der Waals surface area contributed by atoms with E-state index in [1.165, 1.54) is 0 Å². The van der Waals surface area contributed by atoms with Gasteiger partial charge in [0.2, 0.25) is 10.0 Å². The minimum atomic E-state index is -3.49. The molecule has 1 saturated heterocycles. The summed E-state index contributed by atoms with van der Waals surface area (Å²) in [6, 6.07) is 13.4. The molecule has 2 aliphatic rings. The van der Waals surface area contributed by atoms with Crippen molar-refractivity contribution in [3.63, 3.8) is 0 Å².